The molecule has 2 amide bonds. The molecule has 0 saturated carbocycles. The highest BCUT2D eigenvalue weighted by Gasteiger charge is 2.36. The second kappa shape index (κ2) is 7.08. The number of rotatable bonds is 4. The van der Waals surface area contributed by atoms with Gasteiger partial charge in [-0.3, -0.25) is 4.79 Å². The van der Waals surface area contributed by atoms with Crippen LogP contribution in [0.2, 0.25) is 0 Å². The van der Waals surface area contributed by atoms with Crippen molar-refractivity contribution in [2.24, 2.45) is 0 Å². The summed E-state index contributed by atoms with van der Waals surface area (Å²) in [5, 5.41) is 0. The molecule has 0 bridgehead atoms. The topological polar surface area (TPSA) is 46.6 Å². The largest absolute Gasteiger partial charge is 0.447 e. The summed E-state index contributed by atoms with van der Waals surface area (Å²) < 4.78 is 18.2. The molecule has 0 aliphatic carbocycles. The van der Waals surface area contributed by atoms with Crippen LogP contribution in [0.4, 0.5) is 9.18 Å². The third-order valence-electron chi connectivity index (χ3n) is 3.78. The van der Waals surface area contributed by atoms with E-state index in [0.717, 1.165) is 10.5 Å². The van der Waals surface area contributed by atoms with E-state index in [1.807, 2.05) is 30.3 Å². The number of cyclic esters (lactones) is 1. The molecule has 1 heterocycles. The van der Waals surface area contributed by atoms with Crippen molar-refractivity contribution >= 4 is 18.1 Å². The van der Waals surface area contributed by atoms with E-state index in [9.17, 15) is 14.0 Å². The highest BCUT2D eigenvalue weighted by Crippen LogP contribution is 2.18. The van der Waals surface area contributed by atoms with E-state index in [1.165, 1.54) is 24.3 Å². The molecule has 24 heavy (non-hydrogen) atoms. The fourth-order valence-corrected chi connectivity index (χ4v) is 2.63. The number of benzene rings is 2. The van der Waals surface area contributed by atoms with Crippen LogP contribution in [0.5, 0.6) is 0 Å². The smallest absolute Gasteiger partial charge is 0.417 e. The van der Waals surface area contributed by atoms with Crippen molar-refractivity contribution in [1.29, 1.82) is 0 Å². The van der Waals surface area contributed by atoms with E-state index < -0.39 is 12.0 Å². The molecule has 1 aliphatic heterocycles. The first-order valence-electron chi connectivity index (χ1n) is 7.61. The van der Waals surface area contributed by atoms with Crippen molar-refractivity contribution in [1.82, 2.24) is 4.90 Å². The van der Waals surface area contributed by atoms with Gasteiger partial charge >= 0.3 is 6.09 Å². The maximum absolute atomic E-state index is 13.2. The van der Waals surface area contributed by atoms with Crippen LogP contribution in [-0.4, -0.2) is 29.5 Å². The van der Waals surface area contributed by atoms with E-state index in [-0.39, 0.29) is 18.5 Å². The number of imide groups is 1. The number of carbonyl (C=O) groups is 2. The highest BCUT2D eigenvalue weighted by molar-refractivity contribution is 6.02. The fourth-order valence-electron chi connectivity index (χ4n) is 2.63. The van der Waals surface area contributed by atoms with Gasteiger partial charge < -0.3 is 4.74 Å². The Hall–Kier alpha value is -2.95. The maximum Gasteiger partial charge on any atom is 0.417 e. The molecule has 0 radical (unpaired) electrons. The molecule has 0 unspecified atom stereocenters. The quantitative estimate of drug-likeness (QED) is 0.809. The fraction of sp³-hybridized carbons (Fsp3) is 0.158. The molecule has 0 N–H and O–H groups in total. The van der Waals surface area contributed by atoms with Crippen molar-refractivity contribution in [3.05, 3.63) is 77.6 Å². The Balaban J connectivity index is 1.72. The number of halogens is 1. The van der Waals surface area contributed by atoms with E-state index >= 15 is 0 Å². The number of hydrogen-bond donors (Lipinski definition) is 0. The first-order valence-corrected chi connectivity index (χ1v) is 7.61. The lowest BCUT2D eigenvalue weighted by atomic mass is 10.1. The first-order chi connectivity index (χ1) is 11.6. The monoisotopic (exact) mass is 325 g/mol. The Bertz CT molecular complexity index is 773. The molecule has 3 rings (SSSR count). The van der Waals surface area contributed by atoms with Crippen LogP contribution in [0.3, 0.4) is 0 Å². The van der Waals surface area contributed by atoms with Crippen molar-refractivity contribution in [3.63, 3.8) is 0 Å². The number of amides is 2. The summed E-state index contributed by atoms with van der Waals surface area (Å²) in [5.74, 6) is -0.852. The molecule has 0 aromatic heterocycles. The lowest BCUT2D eigenvalue weighted by molar-refractivity contribution is -0.124. The predicted molar refractivity (Wildman–Crippen MR) is 87.6 cm³/mol. The van der Waals surface area contributed by atoms with Crippen LogP contribution >= 0.6 is 0 Å². The second-order valence-electron chi connectivity index (χ2n) is 5.52. The van der Waals surface area contributed by atoms with Gasteiger partial charge in [0, 0.05) is 6.08 Å². The molecule has 1 saturated heterocycles. The van der Waals surface area contributed by atoms with Crippen molar-refractivity contribution < 1.29 is 18.7 Å². The summed E-state index contributed by atoms with van der Waals surface area (Å²) in [7, 11) is 0. The summed E-state index contributed by atoms with van der Waals surface area (Å²) in [6.45, 7) is 0.174. The Morgan fingerprint density at radius 1 is 1.21 bits per heavy atom. The van der Waals surface area contributed by atoms with Crippen LogP contribution in [-0.2, 0) is 16.0 Å². The number of hydrogen-bond acceptors (Lipinski definition) is 3. The number of nitrogens with zero attached hydrogens (tertiary/aromatic N) is 1. The van der Waals surface area contributed by atoms with E-state index in [4.69, 9.17) is 4.74 Å². The van der Waals surface area contributed by atoms with E-state index in [1.54, 1.807) is 12.1 Å². The Morgan fingerprint density at radius 3 is 2.75 bits per heavy atom. The minimum absolute atomic E-state index is 0.174. The van der Waals surface area contributed by atoms with Gasteiger partial charge in [0.05, 0.1) is 6.04 Å². The van der Waals surface area contributed by atoms with E-state index in [2.05, 4.69) is 0 Å². The van der Waals surface area contributed by atoms with Crippen LogP contribution in [0.25, 0.3) is 6.08 Å². The molecule has 2 aromatic rings. The zero-order chi connectivity index (χ0) is 16.9. The van der Waals surface area contributed by atoms with Crippen LogP contribution in [0.1, 0.15) is 11.1 Å². The number of carbonyl (C=O) groups excluding carboxylic acids is 2. The van der Waals surface area contributed by atoms with Gasteiger partial charge in [0.25, 0.3) is 5.91 Å². The summed E-state index contributed by atoms with van der Waals surface area (Å²) in [6, 6.07) is 15.1. The van der Waals surface area contributed by atoms with Gasteiger partial charge in [-0.05, 0) is 35.8 Å². The normalized spacial score (nSPS) is 17.3. The SMILES string of the molecule is O=C(C=Cc1cccc(F)c1)N1C(=O)OC[C@@H]1Cc1ccccc1. The van der Waals surface area contributed by atoms with E-state index in [0.29, 0.717) is 12.0 Å². The second-order valence-corrected chi connectivity index (χ2v) is 5.52. The molecular formula is C19H16FNO3. The maximum atomic E-state index is 13.2. The van der Waals surface area contributed by atoms with Gasteiger partial charge in [-0.2, -0.15) is 0 Å². The summed E-state index contributed by atoms with van der Waals surface area (Å²) >= 11 is 0. The molecule has 2 aromatic carbocycles. The molecule has 1 fully saturated rings. The number of ether oxygens (including phenoxy) is 1. The standard InChI is InChI=1S/C19H16FNO3/c20-16-8-4-7-15(11-16)9-10-18(22)21-17(13-24-19(21)23)12-14-5-2-1-3-6-14/h1-11,17H,12-13H2/t17-/m0/s1. The zero-order valence-corrected chi connectivity index (χ0v) is 12.9. The third-order valence-corrected chi connectivity index (χ3v) is 3.78. The molecule has 4 nitrogen and oxygen atoms in total. The molecule has 1 aliphatic rings. The Kier molecular flexibility index (Phi) is 4.70. The van der Waals surface area contributed by atoms with Crippen molar-refractivity contribution in [2.75, 3.05) is 6.61 Å². The minimum atomic E-state index is -0.648. The molecule has 122 valence electrons. The summed E-state index contributed by atoms with van der Waals surface area (Å²) in [4.78, 5) is 25.3. The molecule has 0 spiro atoms. The zero-order valence-electron chi connectivity index (χ0n) is 12.9. The minimum Gasteiger partial charge on any atom is -0.447 e. The van der Waals surface area contributed by atoms with Crippen LogP contribution in [0, 0.1) is 5.82 Å². The van der Waals surface area contributed by atoms with Crippen LogP contribution in [0.15, 0.2) is 60.7 Å². The lowest BCUT2D eigenvalue weighted by Gasteiger charge is -2.18. The third kappa shape index (κ3) is 3.68. The van der Waals surface area contributed by atoms with Crippen LogP contribution < -0.4 is 0 Å². The lowest BCUT2D eigenvalue weighted by Crippen LogP contribution is -2.39. The Labute approximate surface area is 139 Å². The van der Waals surface area contributed by atoms with Gasteiger partial charge in [0.2, 0.25) is 0 Å². The Morgan fingerprint density at radius 2 is 2.00 bits per heavy atom. The van der Waals surface area contributed by atoms with Crippen molar-refractivity contribution in [2.45, 2.75) is 12.5 Å². The average molecular weight is 325 g/mol. The highest BCUT2D eigenvalue weighted by atomic mass is 19.1. The van der Waals surface area contributed by atoms with Gasteiger partial charge in [-0.15, -0.1) is 0 Å². The molecular weight excluding hydrogens is 309 g/mol. The first kappa shape index (κ1) is 15.9. The average Bonchev–Trinajstić information content (AvgIpc) is 2.94. The van der Waals surface area contributed by atoms with Crippen molar-refractivity contribution in [3.8, 4) is 0 Å². The molecule has 5 heteroatoms. The van der Waals surface area contributed by atoms with Gasteiger partial charge in [0.15, 0.2) is 0 Å². The van der Waals surface area contributed by atoms with Gasteiger partial charge in [0.1, 0.15) is 12.4 Å². The summed E-state index contributed by atoms with van der Waals surface area (Å²) in [6.07, 6.45) is 2.63. The van der Waals surface area contributed by atoms with Gasteiger partial charge in [-0.1, -0.05) is 42.5 Å². The molecule has 1 atom stereocenters. The predicted octanol–water partition coefficient (Wildman–Crippen LogP) is 3.43. The summed E-state index contributed by atoms with van der Waals surface area (Å²) in [5.41, 5.74) is 1.57. The van der Waals surface area contributed by atoms with Gasteiger partial charge in [-0.25, -0.2) is 14.1 Å².